The third-order valence-electron chi connectivity index (χ3n) is 6.49. The summed E-state index contributed by atoms with van der Waals surface area (Å²) in [6.07, 6.45) is -2.98. The van der Waals surface area contributed by atoms with E-state index in [9.17, 15) is 31.2 Å². The highest BCUT2D eigenvalue weighted by Crippen LogP contribution is 2.34. The molecule has 1 heterocycles. The maximum Gasteiger partial charge on any atom is 0.416 e. The summed E-state index contributed by atoms with van der Waals surface area (Å²) in [4.78, 5) is 25.9. The summed E-state index contributed by atoms with van der Waals surface area (Å²) in [5.41, 5.74) is -0.781. The minimum absolute atomic E-state index is 0.00867. The van der Waals surface area contributed by atoms with Gasteiger partial charge >= 0.3 is 6.18 Å². The first-order valence-electron chi connectivity index (χ1n) is 12.3. The zero-order chi connectivity index (χ0) is 28.1. The fraction of sp³-hybridized carbons (Fsp3) is 0.462. The molecule has 2 aromatic carbocycles. The van der Waals surface area contributed by atoms with E-state index in [1.165, 1.54) is 44.2 Å². The van der Waals surface area contributed by atoms with Crippen LogP contribution in [0.25, 0.3) is 0 Å². The highest BCUT2D eigenvalue weighted by molar-refractivity contribution is 7.91. The Hall–Kier alpha value is -2.63. The topological polar surface area (TPSA) is 95.6 Å². The molecular weight excluding hydrogens is 543 g/mol. The van der Waals surface area contributed by atoms with Crippen molar-refractivity contribution in [1.29, 1.82) is 0 Å². The van der Waals surface area contributed by atoms with E-state index in [4.69, 9.17) is 11.6 Å². The van der Waals surface area contributed by atoms with E-state index in [0.29, 0.717) is 19.6 Å². The lowest BCUT2D eigenvalue weighted by atomic mass is 9.96. The molecule has 2 aromatic rings. The summed E-state index contributed by atoms with van der Waals surface area (Å²) in [6.45, 7) is 4.43. The number of hydrogen-bond acceptors (Lipinski definition) is 5. The van der Waals surface area contributed by atoms with Crippen LogP contribution in [0.3, 0.4) is 0 Å². The lowest BCUT2D eigenvalue weighted by Gasteiger charge is -2.33. The van der Waals surface area contributed by atoms with Gasteiger partial charge in [-0.05, 0) is 66.8 Å². The van der Waals surface area contributed by atoms with Gasteiger partial charge in [0.15, 0.2) is 9.84 Å². The third kappa shape index (κ3) is 7.94. The van der Waals surface area contributed by atoms with Crippen molar-refractivity contribution in [3.05, 3.63) is 63.7 Å². The van der Waals surface area contributed by atoms with Crippen molar-refractivity contribution < 1.29 is 31.2 Å². The van der Waals surface area contributed by atoms with Gasteiger partial charge in [0.1, 0.15) is 0 Å². The molecular formula is C26H31ClF3N3O4S. The Morgan fingerprint density at radius 2 is 1.84 bits per heavy atom. The van der Waals surface area contributed by atoms with Crippen LogP contribution >= 0.6 is 11.6 Å². The summed E-state index contributed by atoms with van der Waals surface area (Å²) in [5, 5.41) is 5.55. The predicted molar refractivity (Wildman–Crippen MR) is 138 cm³/mol. The SMILES string of the molecule is CCS(=O)(=O)c1ccc(Cl)cc1CNC(=O)c1ccc(CN2CCCC(CNC(C)=O)C2)c(C(F)(F)F)c1. The number of amides is 2. The second kappa shape index (κ2) is 12.5. The van der Waals surface area contributed by atoms with Crippen LogP contribution in [0.2, 0.25) is 5.02 Å². The molecule has 2 amide bonds. The Balaban J connectivity index is 1.77. The molecule has 2 N–H and O–H groups in total. The molecule has 38 heavy (non-hydrogen) atoms. The molecule has 12 heteroatoms. The Morgan fingerprint density at radius 1 is 1.11 bits per heavy atom. The van der Waals surface area contributed by atoms with E-state index >= 15 is 0 Å². The van der Waals surface area contributed by atoms with E-state index in [1.807, 2.05) is 4.90 Å². The van der Waals surface area contributed by atoms with Crippen molar-refractivity contribution in [2.75, 3.05) is 25.4 Å². The van der Waals surface area contributed by atoms with Gasteiger partial charge in [-0.25, -0.2) is 8.42 Å². The van der Waals surface area contributed by atoms with E-state index in [-0.39, 0.29) is 57.3 Å². The van der Waals surface area contributed by atoms with Gasteiger partial charge in [-0.3, -0.25) is 14.5 Å². The fourth-order valence-electron chi connectivity index (χ4n) is 4.53. The molecule has 1 atom stereocenters. The standard InChI is InChI=1S/C26H31ClF3N3O4S/c1-3-38(36,37)24-9-8-22(27)11-21(24)14-32-25(35)19-6-7-20(23(12-19)26(28,29)30)16-33-10-4-5-18(15-33)13-31-17(2)34/h6-9,11-12,18H,3-5,10,13-16H2,1-2H3,(H,31,34)(H,32,35). The lowest BCUT2D eigenvalue weighted by molar-refractivity contribution is -0.138. The van der Waals surface area contributed by atoms with Gasteiger partial charge < -0.3 is 10.6 Å². The maximum atomic E-state index is 14.0. The van der Waals surface area contributed by atoms with Crippen molar-refractivity contribution in [3.63, 3.8) is 0 Å². The monoisotopic (exact) mass is 573 g/mol. The minimum Gasteiger partial charge on any atom is -0.356 e. The van der Waals surface area contributed by atoms with Crippen molar-refractivity contribution in [2.45, 2.75) is 50.9 Å². The molecule has 0 aromatic heterocycles. The largest absolute Gasteiger partial charge is 0.416 e. The molecule has 1 saturated heterocycles. The molecule has 0 spiro atoms. The predicted octanol–water partition coefficient (Wildman–Crippen LogP) is 4.43. The highest BCUT2D eigenvalue weighted by Gasteiger charge is 2.35. The summed E-state index contributed by atoms with van der Waals surface area (Å²) in [5.74, 6) is -0.916. The number of benzene rings is 2. The van der Waals surface area contributed by atoms with Crippen LogP contribution in [-0.2, 0) is 33.9 Å². The van der Waals surface area contributed by atoms with Crippen molar-refractivity contribution in [2.24, 2.45) is 5.92 Å². The van der Waals surface area contributed by atoms with Crippen molar-refractivity contribution in [1.82, 2.24) is 15.5 Å². The second-order valence-corrected chi connectivity index (χ2v) is 12.1. The number of carbonyl (C=O) groups excluding carboxylic acids is 2. The van der Waals surface area contributed by atoms with Crippen LogP contribution in [0.4, 0.5) is 13.2 Å². The first-order chi connectivity index (χ1) is 17.8. The number of nitrogens with one attached hydrogen (secondary N) is 2. The number of halogens is 4. The smallest absolute Gasteiger partial charge is 0.356 e. The highest BCUT2D eigenvalue weighted by atomic mass is 35.5. The lowest BCUT2D eigenvalue weighted by Crippen LogP contribution is -2.40. The zero-order valence-electron chi connectivity index (χ0n) is 21.2. The molecule has 7 nitrogen and oxygen atoms in total. The first-order valence-corrected chi connectivity index (χ1v) is 14.3. The number of alkyl halides is 3. The van der Waals surface area contributed by atoms with Gasteiger partial charge in [0, 0.05) is 43.7 Å². The number of hydrogen-bond donors (Lipinski definition) is 2. The van der Waals surface area contributed by atoms with E-state index in [2.05, 4.69) is 10.6 Å². The van der Waals surface area contributed by atoms with Crippen LogP contribution in [0.15, 0.2) is 41.3 Å². The summed E-state index contributed by atoms with van der Waals surface area (Å²) in [6, 6.07) is 7.65. The van der Waals surface area contributed by atoms with Crippen LogP contribution in [0.1, 0.15) is 53.7 Å². The van der Waals surface area contributed by atoms with Gasteiger partial charge in [0.25, 0.3) is 5.91 Å². The summed E-state index contributed by atoms with van der Waals surface area (Å²) in [7, 11) is -3.60. The van der Waals surface area contributed by atoms with Gasteiger partial charge in [-0.1, -0.05) is 24.6 Å². The number of rotatable bonds is 9. The molecule has 3 rings (SSSR count). The molecule has 208 valence electrons. The third-order valence-corrected chi connectivity index (χ3v) is 8.55. The Kier molecular flexibility index (Phi) is 9.83. The van der Waals surface area contributed by atoms with Gasteiger partial charge in [0.05, 0.1) is 16.2 Å². The van der Waals surface area contributed by atoms with Gasteiger partial charge in [-0.15, -0.1) is 0 Å². The number of sulfone groups is 1. The quantitative estimate of drug-likeness (QED) is 0.463. The average molecular weight is 574 g/mol. The van der Waals surface area contributed by atoms with E-state index in [1.54, 1.807) is 0 Å². The van der Waals surface area contributed by atoms with Crippen LogP contribution in [0.5, 0.6) is 0 Å². The summed E-state index contributed by atoms with van der Waals surface area (Å²) < 4.78 is 66.7. The molecule has 1 unspecified atom stereocenters. The number of piperidine rings is 1. The molecule has 1 aliphatic rings. The van der Waals surface area contributed by atoms with Gasteiger partial charge in [-0.2, -0.15) is 13.2 Å². The van der Waals surface area contributed by atoms with Crippen LogP contribution in [0, 0.1) is 5.92 Å². The summed E-state index contributed by atoms with van der Waals surface area (Å²) >= 11 is 6.00. The Bertz CT molecular complexity index is 1280. The second-order valence-electron chi connectivity index (χ2n) is 9.39. The molecule has 0 radical (unpaired) electrons. The fourth-order valence-corrected chi connectivity index (χ4v) is 5.84. The van der Waals surface area contributed by atoms with Crippen LogP contribution in [-0.4, -0.2) is 50.5 Å². The molecule has 1 aliphatic heterocycles. The van der Waals surface area contributed by atoms with Crippen molar-refractivity contribution in [3.8, 4) is 0 Å². The van der Waals surface area contributed by atoms with E-state index < -0.39 is 27.5 Å². The maximum absolute atomic E-state index is 14.0. The molecule has 0 saturated carbocycles. The Labute approximate surface area is 225 Å². The normalized spacial score (nSPS) is 16.7. The minimum atomic E-state index is -4.67. The number of likely N-dealkylation sites (tertiary alicyclic amines) is 1. The zero-order valence-corrected chi connectivity index (χ0v) is 22.8. The number of carbonyl (C=O) groups is 2. The molecule has 1 fully saturated rings. The van der Waals surface area contributed by atoms with Crippen molar-refractivity contribution >= 4 is 33.3 Å². The molecule has 0 aliphatic carbocycles. The molecule has 0 bridgehead atoms. The first kappa shape index (κ1) is 29.9. The van der Waals surface area contributed by atoms with Crippen LogP contribution < -0.4 is 10.6 Å². The van der Waals surface area contributed by atoms with E-state index in [0.717, 1.165) is 18.9 Å². The number of nitrogens with zero attached hydrogens (tertiary/aromatic N) is 1. The average Bonchev–Trinajstić information content (AvgIpc) is 2.85. The Morgan fingerprint density at radius 3 is 2.50 bits per heavy atom. The van der Waals surface area contributed by atoms with Gasteiger partial charge in [0.2, 0.25) is 5.91 Å².